The third-order valence-electron chi connectivity index (χ3n) is 6.16. The summed E-state index contributed by atoms with van der Waals surface area (Å²) in [6.45, 7) is 7.59. The quantitative estimate of drug-likeness (QED) is 0.468. The molecule has 3 rings (SSSR count). The number of carbonyl (C=O) groups excluding carboxylic acids is 3. The molecule has 2 aromatic rings. The fourth-order valence-electron chi connectivity index (χ4n) is 4.36. The molecule has 0 unspecified atom stereocenters. The number of aromatic nitrogens is 1. The molecular formula is C28H36N2O9. The minimum atomic E-state index is -1.04. The number of rotatable bonds is 8. The van der Waals surface area contributed by atoms with Gasteiger partial charge in [0.15, 0.2) is 23.3 Å². The van der Waals surface area contributed by atoms with Crippen LogP contribution in [0.3, 0.4) is 0 Å². The number of aryl methyl sites for hydroxylation is 2. The van der Waals surface area contributed by atoms with Crippen molar-refractivity contribution >= 4 is 18.0 Å². The van der Waals surface area contributed by atoms with Crippen molar-refractivity contribution in [2.24, 2.45) is 0 Å². The number of pyridine rings is 1. The smallest absolute Gasteiger partial charge is 0.503 e. The number of amides is 1. The molecule has 0 aliphatic carbocycles. The third-order valence-corrected chi connectivity index (χ3v) is 6.16. The van der Waals surface area contributed by atoms with Gasteiger partial charge in [-0.25, -0.2) is 14.6 Å². The second-order valence-corrected chi connectivity index (χ2v) is 9.47. The third kappa shape index (κ3) is 7.98. The lowest BCUT2D eigenvalue weighted by Gasteiger charge is -2.31. The Labute approximate surface area is 227 Å². The van der Waals surface area contributed by atoms with Gasteiger partial charge in [0.05, 0.1) is 13.7 Å². The summed E-state index contributed by atoms with van der Waals surface area (Å²) in [5, 5.41) is 12.9. The highest BCUT2D eigenvalue weighted by Crippen LogP contribution is 2.29. The summed E-state index contributed by atoms with van der Waals surface area (Å²) in [4.78, 5) is 42.3. The summed E-state index contributed by atoms with van der Waals surface area (Å²) >= 11 is 0. The molecule has 1 aromatic heterocycles. The Hall–Kier alpha value is -4.02. The van der Waals surface area contributed by atoms with Gasteiger partial charge >= 0.3 is 12.1 Å². The van der Waals surface area contributed by atoms with Gasteiger partial charge in [0.2, 0.25) is 0 Å². The van der Waals surface area contributed by atoms with E-state index in [1.165, 1.54) is 19.4 Å². The monoisotopic (exact) mass is 544 g/mol. The van der Waals surface area contributed by atoms with Crippen molar-refractivity contribution in [2.75, 3.05) is 13.7 Å². The van der Waals surface area contributed by atoms with Gasteiger partial charge in [0.25, 0.3) is 5.91 Å². The maximum Gasteiger partial charge on any atom is 0.508 e. The predicted octanol–water partition coefficient (Wildman–Crippen LogP) is 4.01. The highest BCUT2D eigenvalue weighted by molar-refractivity contribution is 5.97. The lowest BCUT2D eigenvalue weighted by Crippen LogP contribution is -2.47. The molecule has 2 N–H and O–H groups in total. The van der Waals surface area contributed by atoms with Gasteiger partial charge in [-0.05, 0) is 69.7 Å². The number of methoxy groups -OCH3 is 1. The molecule has 1 saturated heterocycles. The molecule has 2 heterocycles. The molecule has 0 radical (unpaired) electrons. The minimum Gasteiger partial charge on any atom is -0.503 e. The summed E-state index contributed by atoms with van der Waals surface area (Å²) in [5.41, 5.74) is 1.68. The number of ether oxygens (including phenoxy) is 5. The van der Waals surface area contributed by atoms with E-state index in [2.05, 4.69) is 10.3 Å². The molecule has 0 bridgehead atoms. The van der Waals surface area contributed by atoms with Crippen molar-refractivity contribution in [1.82, 2.24) is 10.3 Å². The fourth-order valence-corrected chi connectivity index (χ4v) is 4.36. The van der Waals surface area contributed by atoms with Crippen molar-refractivity contribution in [3.05, 3.63) is 47.3 Å². The first-order chi connectivity index (χ1) is 18.6. The Morgan fingerprint density at radius 2 is 1.90 bits per heavy atom. The molecule has 11 nitrogen and oxygen atoms in total. The van der Waals surface area contributed by atoms with Gasteiger partial charge < -0.3 is 34.1 Å². The van der Waals surface area contributed by atoms with Crippen LogP contribution in [-0.4, -0.2) is 66.2 Å². The molecule has 1 amide bonds. The molecule has 212 valence electrons. The Bertz CT molecular complexity index is 1150. The maximum absolute atomic E-state index is 13.1. The van der Waals surface area contributed by atoms with Crippen LogP contribution in [0, 0.1) is 13.8 Å². The molecule has 1 aliphatic rings. The largest absolute Gasteiger partial charge is 0.508 e. The van der Waals surface area contributed by atoms with Gasteiger partial charge in [-0.3, -0.25) is 4.79 Å². The molecular weight excluding hydrogens is 508 g/mol. The van der Waals surface area contributed by atoms with Crippen LogP contribution in [0.25, 0.3) is 0 Å². The van der Waals surface area contributed by atoms with E-state index in [4.69, 9.17) is 23.7 Å². The minimum absolute atomic E-state index is 0.0714. The molecule has 11 heteroatoms. The molecule has 0 saturated carbocycles. The SMILES string of the molecule is CCCOC(=O)O[C@H]1CCC[C@H](NC(=O)c2nccc(OC)c2O)C(=O)O[C@@H](C)[C@@H]1Oc1cc(C)cc(C)c1. The standard InChI is InChI=1S/C28H36N2O9/c1-6-12-36-28(34)39-22-9-7-8-20(30-26(32)23-24(31)21(35-5)10-11-29-23)27(33)37-18(4)25(22)38-19-14-16(2)13-17(3)15-19/h10-11,13-15,18,20,22,25,31H,6-9,12H2,1-5H3,(H,30,32)/t18-,20-,22-,25-/m0/s1. The normalized spacial score (nSPS) is 21.4. The van der Waals surface area contributed by atoms with Crippen LogP contribution in [0.5, 0.6) is 17.2 Å². The molecule has 0 spiro atoms. The van der Waals surface area contributed by atoms with E-state index in [-0.39, 0.29) is 24.5 Å². The van der Waals surface area contributed by atoms with Gasteiger partial charge in [-0.2, -0.15) is 0 Å². The number of nitrogens with one attached hydrogen (secondary N) is 1. The Morgan fingerprint density at radius 1 is 1.18 bits per heavy atom. The second-order valence-electron chi connectivity index (χ2n) is 9.47. The van der Waals surface area contributed by atoms with Crippen LogP contribution >= 0.6 is 0 Å². The molecule has 39 heavy (non-hydrogen) atoms. The van der Waals surface area contributed by atoms with Crippen LogP contribution in [0.4, 0.5) is 4.79 Å². The predicted molar refractivity (Wildman–Crippen MR) is 140 cm³/mol. The Balaban J connectivity index is 1.83. The fraction of sp³-hybridized carbons (Fsp3) is 0.500. The van der Waals surface area contributed by atoms with Gasteiger partial charge in [-0.15, -0.1) is 0 Å². The topological polar surface area (TPSA) is 143 Å². The van der Waals surface area contributed by atoms with Crippen molar-refractivity contribution in [3.8, 4) is 17.2 Å². The van der Waals surface area contributed by atoms with E-state index in [1.807, 2.05) is 39.0 Å². The Morgan fingerprint density at radius 3 is 2.56 bits per heavy atom. The van der Waals surface area contributed by atoms with Crippen LogP contribution in [0.1, 0.15) is 61.1 Å². The van der Waals surface area contributed by atoms with Crippen LogP contribution in [0.15, 0.2) is 30.5 Å². The first kappa shape index (κ1) is 29.5. The number of benzene rings is 1. The maximum atomic E-state index is 13.1. The molecule has 4 atom stereocenters. The summed E-state index contributed by atoms with van der Waals surface area (Å²) in [6, 6.07) is 6.05. The number of hydrogen-bond acceptors (Lipinski definition) is 10. The van der Waals surface area contributed by atoms with Gasteiger partial charge in [-0.1, -0.05) is 13.0 Å². The lowest BCUT2D eigenvalue weighted by molar-refractivity contribution is -0.158. The highest BCUT2D eigenvalue weighted by atomic mass is 16.7. The van der Waals surface area contributed by atoms with Crippen LogP contribution in [0.2, 0.25) is 0 Å². The number of nitrogens with zero attached hydrogens (tertiary/aromatic N) is 1. The van der Waals surface area contributed by atoms with E-state index in [1.54, 1.807) is 6.92 Å². The first-order valence-corrected chi connectivity index (χ1v) is 12.9. The zero-order chi connectivity index (χ0) is 28.5. The average molecular weight is 545 g/mol. The summed E-state index contributed by atoms with van der Waals surface area (Å²) in [5.74, 6) is -1.29. The second kappa shape index (κ2) is 13.7. The van der Waals surface area contributed by atoms with Crippen LogP contribution in [-0.2, 0) is 19.0 Å². The van der Waals surface area contributed by atoms with Crippen molar-refractivity contribution < 1.29 is 43.2 Å². The van der Waals surface area contributed by atoms with Crippen molar-refractivity contribution in [2.45, 2.75) is 77.7 Å². The summed E-state index contributed by atoms with van der Waals surface area (Å²) < 4.78 is 27.8. The lowest BCUT2D eigenvalue weighted by atomic mass is 10.0. The van der Waals surface area contributed by atoms with E-state index in [9.17, 15) is 19.5 Å². The first-order valence-electron chi connectivity index (χ1n) is 12.9. The molecule has 1 fully saturated rings. The number of carbonyl (C=O) groups is 3. The van der Waals surface area contributed by atoms with Crippen molar-refractivity contribution in [3.63, 3.8) is 0 Å². The van der Waals surface area contributed by atoms with E-state index in [0.717, 1.165) is 11.1 Å². The van der Waals surface area contributed by atoms with Crippen LogP contribution < -0.4 is 14.8 Å². The zero-order valence-electron chi connectivity index (χ0n) is 22.9. The molecule has 1 aliphatic heterocycles. The summed E-state index contributed by atoms with van der Waals surface area (Å²) in [7, 11) is 1.35. The van der Waals surface area contributed by atoms with E-state index in [0.29, 0.717) is 25.0 Å². The number of aromatic hydroxyl groups is 1. The van der Waals surface area contributed by atoms with Gasteiger partial charge in [0.1, 0.15) is 24.0 Å². The van der Waals surface area contributed by atoms with E-state index < -0.39 is 48.1 Å². The highest BCUT2D eigenvalue weighted by Gasteiger charge is 2.38. The number of esters is 1. The zero-order valence-corrected chi connectivity index (χ0v) is 22.9. The summed E-state index contributed by atoms with van der Waals surface area (Å²) in [6.07, 6.45) is -0.515. The average Bonchev–Trinajstić information content (AvgIpc) is 2.92. The van der Waals surface area contributed by atoms with Crippen molar-refractivity contribution in [1.29, 1.82) is 0 Å². The Kier molecular flexibility index (Phi) is 10.4. The van der Waals surface area contributed by atoms with Gasteiger partial charge in [0, 0.05) is 12.3 Å². The van der Waals surface area contributed by atoms with E-state index >= 15 is 0 Å². The number of cyclic esters (lactones) is 1. The number of hydrogen-bond donors (Lipinski definition) is 2. The molecule has 1 aromatic carbocycles.